The highest BCUT2D eigenvalue weighted by Crippen LogP contribution is 2.64. The van der Waals surface area contributed by atoms with Crippen LogP contribution in [0.5, 0.6) is 0 Å². The minimum Gasteiger partial charge on any atom is -0.393 e. The van der Waals surface area contributed by atoms with Gasteiger partial charge in [0.25, 0.3) is 0 Å². The van der Waals surface area contributed by atoms with E-state index in [-0.39, 0.29) is 17.4 Å². The Kier molecular flexibility index (Phi) is 4.21. The van der Waals surface area contributed by atoms with E-state index in [0.29, 0.717) is 17.3 Å². The zero-order valence-corrected chi connectivity index (χ0v) is 14.8. The topological polar surface area (TPSA) is 37.3 Å². The lowest BCUT2D eigenvalue weighted by Gasteiger charge is -2.61. The SMILES string of the molecule is CC1CC(C=O)CCC2C1CCC1C(C)(C)C(O)CCC21C. The molecule has 7 unspecified atom stereocenters. The Hall–Kier alpha value is -0.370. The smallest absolute Gasteiger partial charge is 0.123 e. The number of carbonyl (C=O) groups excluding carboxylic acids is 1. The van der Waals surface area contributed by atoms with Crippen molar-refractivity contribution in [1.29, 1.82) is 0 Å². The van der Waals surface area contributed by atoms with E-state index in [4.69, 9.17) is 0 Å². The van der Waals surface area contributed by atoms with Gasteiger partial charge in [0.05, 0.1) is 6.10 Å². The third kappa shape index (κ3) is 2.37. The molecule has 0 aromatic rings. The average Bonchev–Trinajstić information content (AvgIpc) is 2.63. The molecule has 0 radical (unpaired) electrons. The normalized spacial score (nSPS) is 51.3. The maximum atomic E-state index is 11.3. The molecule has 0 spiro atoms. The fourth-order valence-corrected chi connectivity index (χ4v) is 6.78. The Balaban J connectivity index is 1.92. The van der Waals surface area contributed by atoms with Crippen LogP contribution in [0.3, 0.4) is 0 Å². The fourth-order valence-electron chi connectivity index (χ4n) is 6.78. The van der Waals surface area contributed by atoms with E-state index in [2.05, 4.69) is 27.7 Å². The molecule has 3 saturated carbocycles. The zero-order valence-electron chi connectivity index (χ0n) is 14.8. The second-order valence-electron chi connectivity index (χ2n) is 9.47. The van der Waals surface area contributed by atoms with Crippen LogP contribution in [0.25, 0.3) is 0 Å². The maximum Gasteiger partial charge on any atom is 0.123 e. The molecule has 3 aliphatic rings. The zero-order chi connectivity index (χ0) is 16.1. The number of fused-ring (bicyclic) bond motifs is 3. The highest BCUT2D eigenvalue weighted by Gasteiger charge is 2.58. The summed E-state index contributed by atoms with van der Waals surface area (Å²) < 4.78 is 0. The summed E-state index contributed by atoms with van der Waals surface area (Å²) in [6.45, 7) is 9.46. The molecule has 126 valence electrons. The van der Waals surface area contributed by atoms with E-state index in [9.17, 15) is 9.90 Å². The number of aliphatic hydroxyl groups excluding tert-OH is 1. The van der Waals surface area contributed by atoms with Gasteiger partial charge in [-0.25, -0.2) is 0 Å². The van der Waals surface area contributed by atoms with Crippen LogP contribution in [0, 0.1) is 40.4 Å². The van der Waals surface area contributed by atoms with Gasteiger partial charge in [-0.3, -0.25) is 0 Å². The standard InChI is InChI=1S/C20H34O2/c1-13-11-14(12-21)5-7-16-15(13)6-8-17-19(2,3)18(22)9-10-20(16,17)4/h12-18,22H,5-11H2,1-4H3. The summed E-state index contributed by atoms with van der Waals surface area (Å²) in [5, 5.41) is 10.5. The Bertz CT molecular complexity index is 429. The van der Waals surface area contributed by atoms with Gasteiger partial charge < -0.3 is 9.90 Å². The first-order valence-corrected chi connectivity index (χ1v) is 9.44. The monoisotopic (exact) mass is 306 g/mol. The van der Waals surface area contributed by atoms with Crippen LogP contribution in [0.15, 0.2) is 0 Å². The van der Waals surface area contributed by atoms with E-state index in [0.717, 1.165) is 31.1 Å². The van der Waals surface area contributed by atoms with Crippen molar-refractivity contribution in [3.8, 4) is 0 Å². The van der Waals surface area contributed by atoms with Gasteiger partial charge in [0.2, 0.25) is 0 Å². The summed E-state index contributed by atoms with van der Waals surface area (Å²) in [4.78, 5) is 11.3. The summed E-state index contributed by atoms with van der Waals surface area (Å²) in [6, 6.07) is 0. The van der Waals surface area contributed by atoms with E-state index in [1.807, 2.05) is 0 Å². The minimum absolute atomic E-state index is 0.0393. The van der Waals surface area contributed by atoms with Crippen LogP contribution in [0.1, 0.15) is 72.6 Å². The first kappa shape index (κ1) is 16.5. The third-order valence-electron chi connectivity index (χ3n) is 8.11. The molecule has 0 saturated heterocycles. The van der Waals surface area contributed by atoms with Crippen molar-refractivity contribution in [3.63, 3.8) is 0 Å². The molecule has 3 fully saturated rings. The van der Waals surface area contributed by atoms with Gasteiger partial charge in [0.1, 0.15) is 6.29 Å². The molecule has 2 nitrogen and oxygen atoms in total. The van der Waals surface area contributed by atoms with Gasteiger partial charge in [-0.05, 0) is 79.4 Å². The maximum absolute atomic E-state index is 11.3. The molecule has 0 aromatic carbocycles. The molecule has 2 heteroatoms. The van der Waals surface area contributed by atoms with E-state index in [1.54, 1.807) is 0 Å². The van der Waals surface area contributed by atoms with Crippen molar-refractivity contribution < 1.29 is 9.90 Å². The van der Waals surface area contributed by atoms with Crippen molar-refractivity contribution in [1.82, 2.24) is 0 Å². The summed E-state index contributed by atoms with van der Waals surface area (Å²) >= 11 is 0. The lowest BCUT2D eigenvalue weighted by Crippen LogP contribution is -2.56. The van der Waals surface area contributed by atoms with Crippen LogP contribution in [0.4, 0.5) is 0 Å². The largest absolute Gasteiger partial charge is 0.393 e. The van der Waals surface area contributed by atoms with Gasteiger partial charge in [0, 0.05) is 5.92 Å². The average molecular weight is 306 g/mol. The van der Waals surface area contributed by atoms with Crippen LogP contribution in [0.2, 0.25) is 0 Å². The van der Waals surface area contributed by atoms with Crippen LogP contribution in [-0.2, 0) is 4.79 Å². The lowest BCUT2D eigenvalue weighted by molar-refractivity contribution is -0.155. The summed E-state index contributed by atoms with van der Waals surface area (Å²) in [6.07, 6.45) is 9.15. The van der Waals surface area contributed by atoms with Crippen molar-refractivity contribution in [3.05, 3.63) is 0 Å². The van der Waals surface area contributed by atoms with E-state index in [1.165, 1.54) is 32.0 Å². The van der Waals surface area contributed by atoms with Gasteiger partial charge >= 0.3 is 0 Å². The molecule has 1 N–H and O–H groups in total. The number of aldehydes is 1. The molecule has 22 heavy (non-hydrogen) atoms. The second kappa shape index (κ2) is 5.61. The van der Waals surface area contributed by atoms with Gasteiger partial charge in [0.15, 0.2) is 0 Å². The summed E-state index contributed by atoms with van der Waals surface area (Å²) in [5.41, 5.74) is 0.398. The van der Waals surface area contributed by atoms with Crippen LogP contribution in [-0.4, -0.2) is 17.5 Å². The highest BCUT2D eigenvalue weighted by molar-refractivity contribution is 5.53. The summed E-state index contributed by atoms with van der Waals surface area (Å²) in [7, 11) is 0. The van der Waals surface area contributed by atoms with Crippen molar-refractivity contribution in [2.24, 2.45) is 40.4 Å². The predicted molar refractivity (Wildman–Crippen MR) is 89.4 cm³/mol. The second-order valence-corrected chi connectivity index (χ2v) is 9.47. The quantitative estimate of drug-likeness (QED) is 0.727. The molecule has 0 bridgehead atoms. The lowest BCUT2D eigenvalue weighted by atomic mass is 9.44. The molecule has 0 amide bonds. The van der Waals surface area contributed by atoms with E-state index >= 15 is 0 Å². The Morgan fingerprint density at radius 1 is 1.05 bits per heavy atom. The first-order valence-electron chi connectivity index (χ1n) is 9.44. The third-order valence-corrected chi connectivity index (χ3v) is 8.11. The number of rotatable bonds is 1. The van der Waals surface area contributed by atoms with Crippen molar-refractivity contribution in [2.75, 3.05) is 0 Å². The van der Waals surface area contributed by atoms with Gasteiger partial charge in [-0.15, -0.1) is 0 Å². The van der Waals surface area contributed by atoms with Crippen LogP contribution < -0.4 is 0 Å². The molecular formula is C20H34O2. The Morgan fingerprint density at radius 2 is 1.77 bits per heavy atom. The number of aliphatic hydroxyl groups is 1. The first-order chi connectivity index (χ1) is 10.3. The van der Waals surface area contributed by atoms with Gasteiger partial charge in [-0.1, -0.05) is 27.7 Å². The molecule has 0 heterocycles. The molecular weight excluding hydrogens is 272 g/mol. The molecule has 3 aliphatic carbocycles. The Morgan fingerprint density at radius 3 is 2.45 bits per heavy atom. The van der Waals surface area contributed by atoms with Gasteiger partial charge in [-0.2, -0.15) is 0 Å². The van der Waals surface area contributed by atoms with Crippen LogP contribution >= 0.6 is 0 Å². The number of carbonyl (C=O) groups is 1. The highest BCUT2D eigenvalue weighted by atomic mass is 16.3. The molecule has 7 atom stereocenters. The number of hydrogen-bond acceptors (Lipinski definition) is 2. The van der Waals surface area contributed by atoms with E-state index < -0.39 is 0 Å². The summed E-state index contributed by atoms with van der Waals surface area (Å²) in [5.74, 6) is 3.13. The van der Waals surface area contributed by atoms with Crippen molar-refractivity contribution in [2.45, 2.75) is 78.7 Å². The predicted octanol–water partition coefficient (Wildman–Crippen LogP) is 4.45. The molecule has 0 aliphatic heterocycles. The minimum atomic E-state index is -0.145. The fraction of sp³-hybridized carbons (Fsp3) is 0.950. The van der Waals surface area contributed by atoms with Crippen molar-refractivity contribution >= 4 is 6.29 Å². The molecule has 0 aromatic heterocycles. The Labute approximate surface area is 136 Å². The molecule has 3 rings (SSSR count). The number of hydrogen-bond donors (Lipinski definition) is 1.